The molecule has 94 valence electrons. The SMILES string of the molecule is Cc1ccccc1CNC(=O)C1(C#N)CC(C)C1. The molecular formula is C15H18N2O. The fraction of sp³-hybridized carbons (Fsp3) is 0.467. The number of carbonyl (C=O) groups excluding carboxylic acids is 1. The minimum Gasteiger partial charge on any atom is -0.351 e. The predicted octanol–water partition coefficient (Wildman–Crippen LogP) is 2.55. The summed E-state index contributed by atoms with van der Waals surface area (Å²) in [5.41, 5.74) is 1.49. The zero-order chi connectivity index (χ0) is 13.2. The van der Waals surface area contributed by atoms with Crippen LogP contribution in [0.1, 0.15) is 30.9 Å². The summed E-state index contributed by atoms with van der Waals surface area (Å²) in [6, 6.07) is 10.1. The van der Waals surface area contributed by atoms with Crippen molar-refractivity contribution in [1.82, 2.24) is 5.32 Å². The average Bonchev–Trinajstić information content (AvgIpc) is 2.33. The van der Waals surface area contributed by atoms with Gasteiger partial charge in [0.15, 0.2) is 0 Å². The maximum absolute atomic E-state index is 12.1. The number of nitriles is 1. The Labute approximate surface area is 108 Å². The van der Waals surface area contributed by atoms with Gasteiger partial charge in [-0.1, -0.05) is 31.2 Å². The maximum Gasteiger partial charge on any atom is 0.240 e. The molecule has 1 aliphatic rings. The molecule has 2 rings (SSSR count). The number of carbonyl (C=O) groups is 1. The van der Waals surface area contributed by atoms with Gasteiger partial charge in [-0.05, 0) is 36.8 Å². The molecule has 0 radical (unpaired) electrons. The van der Waals surface area contributed by atoms with Gasteiger partial charge in [0.1, 0.15) is 5.41 Å². The van der Waals surface area contributed by atoms with Crippen LogP contribution in [0.4, 0.5) is 0 Å². The molecule has 1 aliphatic carbocycles. The van der Waals surface area contributed by atoms with Gasteiger partial charge in [0.2, 0.25) is 5.91 Å². The van der Waals surface area contributed by atoms with Gasteiger partial charge in [-0.2, -0.15) is 5.26 Å². The quantitative estimate of drug-likeness (QED) is 0.885. The van der Waals surface area contributed by atoms with Gasteiger partial charge in [0.25, 0.3) is 0 Å². The molecule has 0 atom stereocenters. The molecule has 1 aromatic rings. The van der Waals surface area contributed by atoms with E-state index in [1.54, 1.807) is 0 Å². The standard InChI is InChI=1S/C15H18N2O/c1-11-7-15(8-11,10-16)14(18)17-9-13-6-4-3-5-12(13)2/h3-6,11H,7-9H2,1-2H3,(H,17,18). The first kappa shape index (κ1) is 12.6. The minimum atomic E-state index is -0.776. The molecule has 0 saturated heterocycles. The van der Waals surface area contributed by atoms with Crippen LogP contribution < -0.4 is 5.32 Å². The van der Waals surface area contributed by atoms with Crippen LogP contribution in [0, 0.1) is 29.6 Å². The van der Waals surface area contributed by atoms with Crippen molar-refractivity contribution in [2.24, 2.45) is 11.3 Å². The molecule has 3 heteroatoms. The van der Waals surface area contributed by atoms with E-state index in [0.29, 0.717) is 25.3 Å². The van der Waals surface area contributed by atoms with Gasteiger partial charge < -0.3 is 5.32 Å². The van der Waals surface area contributed by atoms with Crippen molar-refractivity contribution >= 4 is 5.91 Å². The van der Waals surface area contributed by atoms with Crippen molar-refractivity contribution in [1.29, 1.82) is 5.26 Å². The fourth-order valence-corrected chi connectivity index (χ4v) is 2.61. The Morgan fingerprint density at radius 1 is 1.50 bits per heavy atom. The van der Waals surface area contributed by atoms with Gasteiger partial charge in [-0.15, -0.1) is 0 Å². The van der Waals surface area contributed by atoms with Gasteiger partial charge >= 0.3 is 0 Å². The maximum atomic E-state index is 12.1. The zero-order valence-corrected chi connectivity index (χ0v) is 10.9. The smallest absolute Gasteiger partial charge is 0.240 e. The summed E-state index contributed by atoms with van der Waals surface area (Å²) in [5.74, 6) is 0.361. The Morgan fingerprint density at radius 2 is 2.17 bits per heavy atom. The van der Waals surface area contributed by atoms with E-state index in [2.05, 4.69) is 18.3 Å². The number of nitrogens with one attached hydrogen (secondary N) is 1. The van der Waals surface area contributed by atoms with Crippen molar-refractivity contribution in [2.75, 3.05) is 0 Å². The van der Waals surface area contributed by atoms with Crippen molar-refractivity contribution in [2.45, 2.75) is 33.2 Å². The molecule has 0 spiro atoms. The number of amides is 1. The number of hydrogen-bond donors (Lipinski definition) is 1. The summed E-state index contributed by atoms with van der Waals surface area (Å²) in [6.45, 7) is 4.60. The minimum absolute atomic E-state index is 0.119. The molecule has 1 N–H and O–H groups in total. The van der Waals surface area contributed by atoms with Crippen molar-refractivity contribution in [3.63, 3.8) is 0 Å². The molecule has 1 saturated carbocycles. The highest BCUT2D eigenvalue weighted by Crippen LogP contribution is 2.45. The molecule has 1 aromatic carbocycles. The molecule has 0 aromatic heterocycles. The first-order valence-electron chi connectivity index (χ1n) is 6.31. The van der Waals surface area contributed by atoms with Crippen molar-refractivity contribution in [3.8, 4) is 6.07 Å². The van der Waals surface area contributed by atoms with Crippen LogP contribution in [-0.4, -0.2) is 5.91 Å². The Hall–Kier alpha value is -1.82. The Bertz CT molecular complexity index is 495. The molecule has 0 unspecified atom stereocenters. The topological polar surface area (TPSA) is 52.9 Å². The lowest BCUT2D eigenvalue weighted by Crippen LogP contribution is -2.47. The lowest BCUT2D eigenvalue weighted by Gasteiger charge is -2.39. The van der Waals surface area contributed by atoms with E-state index < -0.39 is 5.41 Å². The first-order chi connectivity index (χ1) is 8.57. The van der Waals surface area contributed by atoms with Crippen LogP contribution in [0.5, 0.6) is 0 Å². The van der Waals surface area contributed by atoms with E-state index in [0.717, 1.165) is 11.1 Å². The summed E-state index contributed by atoms with van der Waals surface area (Å²) >= 11 is 0. The number of nitrogens with zero attached hydrogens (tertiary/aromatic N) is 1. The second kappa shape index (κ2) is 4.81. The Kier molecular flexibility index (Phi) is 3.38. The van der Waals surface area contributed by atoms with Crippen LogP contribution in [-0.2, 0) is 11.3 Å². The average molecular weight is 242 g/mol. The molecule has 0 aliphatic heterocycles. The molecule has 18 heavy (non-hydrogen) atoms. The van der Waals surface area contributed by atoms with Gasteiger partial charge in [-0.25, -0.2) is 0 Å². The summed E-state index contributed by atoms with van der Waals surface area (Å²) in [5, 5.41) is 12.1. The highest BCUT2D eigenvalue weighted by molar-refractivity contribution is 5.86. The van der Waals surface area contributed by atoms with Gasteiger partial charge in [0.05, 0.1) is 6.07 Å². The van der Waals surface area contributed by atoms with Crippen LogP contribution in [0.3, 0.4) is 0 Å². The summed E-state index contributed by atoms with van der Waals surface area (Å²) < 4.78 is 0. The largest absolute Gasteiger partial charge is 0.351 e. The molecule has 0 bridgehead atoms. The zero-order valence-electron chi connectivity index (χ0n) is 10.9. The van der Waals surface area contributed by atoms with Gasteiger partial charge in [-0.3, -0.25) is 4.79 Å². The Morgan fingerprint density at radius 3 is 2.72 bits per heavy atom. The number of aryl methyl sites for hydroxylation is 1. The monoisotopic (exact) mass is 242 g/mol. The number of hydrogen-bond acceptors (Lipinski definition) is 2. The molecule has 1 amide bonds. The van der Waals surface area contributed by atoms with E-state index in [4.69, 9.17) is 5.26 Å². The number of rotatable bonds is 3. The third-order valence-electron chi connectivity index (χ3n) is 3.74. The summed E-state index contributed by atoms with van der Waals surface area (Å²) in [6.07, 6.45) is 1.37. The van der Waals surface area contributed by atoms with Crippen molar-refractivity contribution in [3.05, 3.63) is 35.4 Å². The van der Waals surface area contributed by atoms with Crippen LogP contribution in [0.2, 0.25) is 0 Å². The molecule has 1 fully saturated rings. The van der Waals surface area contributed by atoms with Crippen LogP contribution in [0.15, 0.2) is 24.3 Å². The molecule has 0 heterocycles. The summed E-state index contributed by atoms with van der Waals surface area (Å²) in [4.78, 5) is 12.1. The predicted molar refractivity (Wildman–Crippen MR) is 69.5 cm³/mol. The second-order valence-electron chi connectivity index (χ2n) is 5.32. The Balaban J connectivity index is 1.97. The fourth-order valence-electron chi connectivity index (χ4n) is 2.61. The molecular weight excluding hydrogens is 224 g/mol. The van der Waals surface area contributed by atoms with E-state index in [1.165, 1.54) is 0 Å². The van der Waals surface area contributed by atoms with Crippen LogP contribution in [0.25, 0.3) is 0 Å². The highest BCUT2D eigenvalue weighted by atomic mass is 16.2. The normalized spacial score (nSPS) is 25.9. The molecule has 3 nitrogen and oxygen atoms in total. The van der Waals surface area contributed by atoms with Crippen LogP contribution >= 0.6 is 0 Å². The number of benzene rings is 1. The first-order valence-corrected chi connectivity index (χ1v) is 6.31. The van der Waals surface area contributed by atoms with Gasteiger partial charge in [0, 0.05) is 6.54 Å². The van der Waals surface area contributed by atoms with Crippen molar-refractivity contribution < 1.29 is 4.79 Å². The van der Waals surface area contributed by atoms with E-state index in [9.17, 15) is 4.79 Å². The lowest BCUT2D eigenvalue weighted by atomic mass is 9.63. The lowest BCUT2D eigenvalue weighted by molar-refractivity contribution is -0.134. The van der Waals surface area contributed by atoms with E-state index >= 15 is 0 Å². The van der Waals surface area contributed by atoms with E-state index in [-0.39, 0.29) is 5.91 Å². The van der Waals surface area contributed by atoms with E-state index in [1.807, 2.05) is 31.2 Å². The summed E-state index contributed by atoms with van der Waals surface area (Å²) in [7, 11) is 0. The second-order valence-corrected chi connectivity index (χ2v) is 5.32. The third-order valence-corrected chi connectivity index (χ3v) is 3.74. The third kappa shape index (κ3) is 2.24. The highest BCUT2D eigenvalue weighted by Gasteiger charge is 2.48.